The van der Waals surface area contributed by atoms with Gasteiger partial charge in [-0.25, -0.2) is 9.97 Å². The highest BCUT2D eigenvalue weighted by atomic mass is 14.9. The van der Waals surface area contributed by atoms with E-state index >= 15 is 0 Å². The standard InChI is InChI=1S/C45H31N3/c1-28-20-22-36(29(2)46-28)33-24-34(42-27-32-15-7-8-16-37(32)39-18-10-11-19-40(39)42)26-35(25-33)45-47-43(31-13-4-3-5-14-31)41-23-21-30-12-6-9-17-38(30)44(41)48-45/h3-27H,1-2H3. The molecule has 0 aliphatic rings. The Hall–Kier alpha value is -6.19. The van der Waals surface area contributed by atoms with Gasteiger partial charge >= 0.3 is 0 Å². The van der Waals surface area contributed by atoms with E-state index in [1.807, 2.05) is 13.0 Å². The molecule has 0 unspecified atom stereocenters. The summed E-state index contributed by atoms with van der Waals surface area (Å²) < 4.78 is 0. The van der Waals surface area contributed by atoms with Crippen LogP contribution in [0, 0.1) is 13.8 Å². The van der Waals surface area contributed by atoms with Gasteiger partial charge in [-0.05, 0) is 93.9 Å². The minimum atomic E-state index is 0.698. The van der Waals surface area contributed by atoms with Crippen LogP contribution in [0.2, 0.25) is 0 Å². The van der Waals surface area contributed by atoms with E-state index < -0.39 is 0 Å². The lowest BCUT2D eigenvalue weighted by atomic mass is 9.90. The maximum atomic E-state index is 5.35. The van der Waals surface area contributed by atoms with Crippen molar-refractivity contribution in [2.45, 2.75) is 13.8 Å². The zero-order valence-corrected chi connectivity index (χ0v) is 26.8. The number of hydrogen-bond donors (Lipinski definition) is 0. The van der Waals surface area contributed by atoms with E-state index in [4.69, 9.17) is 15.0 Å². The molecule has 0 spiro atoms. The summed E-state index contributed by atoms with van der Waals surface area (Å²) in [6, 6.07) is 54.0. The Morgan fingerprint density at radius 3 is 1.81 bits per heavy atom. The minimum Gasteiger partial charge on any atom is -0.258 e. The SMILES string of the molecule is Cc1ccc(-c2cc(-c3nc(-c4ccccc4)c4ccc5ccccc5c4n3)cc(-c3cc4ccccc4c4ccccc34)c2)c(C)n1. The molecule has 48 heavy (non-hydrogen) atoms. The van der Waals surface area contributed by atoms with E-state index in [2.05, 4.69) is 153 Å². The Kier molecular flexibility index (Phi) is 6.58. The highest BCUT2D eigenvalue weighted by Gasteiger charge is 2.18. The molecule has 7 aromatic carbocycles. The van der Waals surface area contributed by atoms with E-state index in [1.54, 1.807) is 0 Å². The number of pyridine rings is 1. The zero-order valence-electron chi connectivity index (χ0n) is 26.8. The molecule has 0 N–H and O–H groups in total. The Bertz CT molecular complexity index is 2690. The first-order valence-electron chi connectivity index (χ1n) is 16.4. The van der Waals surface area contributed by atoms with Crippen LogP contribution in [0.25, 0.3) is 88.1 Å². The van der Waals surface area contributed by atoms with E-state index in [9.17, 15) is 0 Å². The van der Waals surface area contributed by atoms with Gasteiger partial charge < -0.3 is 0 Å². The summed E-state index contributed by atoms with van der Waals surface area (Å²) >= 11 is 0. The lowest BCUT2D eigenvalue weighted by Gasteiger charge is -2.16. The molecule has 0 aliphatic carbocycles. The van der Waals surface area contributed by atoms with Crippen molar-refractivity contribution >= 4 is 43.2 Å². The van der Waals surface area contributed by atoms with Crippen LogP contribution in [0.3, 0.4) is 0 Å². The molecular weight excluding hydrogens is 583 g/mol. The van der Waals surface area contributed by atoms with Crippen molar-refractivity contribution in [3.05, 3.63) is 163 Å². The van der Waals surface area contributed by atoms with Gasteiger partial charge in [-0.3, -0.25) is 4.98 Å². The Morgan fingerprint density at radius 1 is 0.375 bits per heavy atom. The topological polar surface area (TPSA) is 38.7 Å². The van der Waals surface area contributed by atoms with Gasteiger partial charge in [-0.15, -0.1) is 0 Å². The Balaban J connectivity index is 1.38. The molecule has 0 bridgehead atoms. The molecule has 2 aromatic heterocycles. The monoisotopic (exact) mass is 613 g/mol. The number of nitrogens with zero attached hydrogens (tertiary/aromatic N) is 3. The van der Waals surface area contributed by atoms with Crippen LogP contribution >= 0.6 is 0 Å². The third kappa shape index (κ3) is 4.71. The van der Waals surface area contributed by atoms with Gasteiger partial charge in [0.2, 0.25) is 0 Å². The number of aryl methyl sites for hydroxylation is 2. The van der Waals surface area contributed by atoms with Crippen LogP contribution in [0.15, 0.2) is 152 Å². The lowest BCUT2D eigenvalue weighted by Crippen LogP contribution is -1.98. The molecule has 0 amide bonds. The fraction of sp³-hybridized carbons (Fsp3) is 0.0444. The average molecular weight is 614 g/mol. The van der Waals surface area contributed by atoms with Crippen molar-refractivity contribution in [2.24, 2.45) is 0 Å². The van der Waals surface area contributed by atoms with Gasteiger partial charge in [0.1, 0.15) is 0 Å². The molecule has 0 saturated heterocycles. The molecule has 9 rings (SSSR count). The van der Waals surface area contributed by atoms with Gasteiger partial charge in [0.25, 0.3) is 0 Å². The molecule has 0 saturated carbocycles. The fourth-order valence-electron chi connectivity index (χ4n) is 7.16. The first kappa shape index (κ1) is 28.1. The molecule has 0 radical (unpaired) electrons. The number of fused-ring (bicyclic) bond motifs is 6. The normalized spacial score (nSPS) is 11.5. The summed E-state index contributed by atoms with van der Waals surface area (Å²) in [6.45, 7) is 4.13. The van der Waals surface area contributed by atoms with Crippen molar-refractivity contribution in [3.8, 4) is 44.9 Å². The fourth-order valence-corrected chi connectivity index (χ4v) is 7.16. The molecule has 3 nitrogen and oxygen atoms in total. The number of aromatic nitrogens is 3. The first-order valence-corrected chi connectivity index (χ1v) is 16.4. The summed E-state index contributed by atoms with van der Waals surface area (Å²) in [4.78, 5) is 15.5. The van der Waals surface area contributed by atoms with Crippen LogP contribution in [-0.4, -0.2) is 15.0 Å². The largest absolute Gasteiger partial charge is 0.258 e. The van der Waals surface area contributed by atoms with E-state index in [-0.39, 0.29) is 0 Å². The van der Waals surface area contributed by atoms with Crippen LogP contribution in [0.1, 0.15) is 11.4 Å². The molecule has 2 heterocycles. The molecule has 0 aliphatic heterocycles. The molecule has 0 atom stereocenters. The van der Waals surface area contributed by atoms with Gasteiger partial charge in [0.15, 0.2) is 5.82 Å². The number of benzene rings is 7. The maximum absolute atomic E-state index is 5.35. The summed E-state index contributed by atoms with van der Waals surface area (Å²) in [6.07, 6.45) is 0. The second kappa shape index (κ2) is 11.3. The molecule has 3 heteroatoms. The van der Waals surface area contributed by atoms with Crippen molar-refractivity contribution in [1.82, 2.24) is 15.0 Å². The first-order chi connectivity index (χ1) is 23.6. The maximum Gasteiger partial charge on any atom is 0.160 e. The van der Waals surface area contributed by atoms with E-state index in [0.29, 0.717) is 5.82 Å². The third-order valence-electron chi connectivity index (χ3n) is 9.44. The van der Waals surface area contributed by atoms with Crippen molar-refractivity contribution in [2.75, 3.05) is 0 Å². The second-order valence-corrected chi connectivity index (χ2v) is 12.5. The Labute approximate surface area is 279 Å². The van der Waals surface area contributed by atoms with Gasteiger partial charge in [-0.2, -0.15) is 0 Å². The Morgan fingerprint density at radius 2 is 1.02 bits per heavy atom. The molecule has 226 valence electrons. The summed E-state index contributed by atoms with van der Waals surface area (Å²) in [5, 5.41) is 8.24. The van der Waals surface area contributed by atoms with Gasteiger partial charge in [-0.1, -0.05) is 115 Å². The van der Waals surface area contributed by atoms with Crippen LogP contribution in [-0.2, 0) is 0 Å². The van der Waals surface area contributed by atoms with E-state index in [1.165, 1.54) is 27.1 Å². The third-order valence-corrected chi connectivity index (χ3v) is 9.44. The molecular formula is C45H31N3. The molecule has 0 fully saturated rings. The lowest BCUT2D eigenvalue weighted by molar-refractivity contribution is 1.13. The summed E-state index contributed by atoms with van der Waals surface area (Å²) in [5.74, 6) is 0.698. The second-order valence-electron chi connectivity index (χ2n) is 12.5. The summed E-state index contributed by atoms with van der Waals surface area (Å²) in [7, 11) is 0. The van der Waals surface area contributed by atoms with Gasteiger partial charge in [0, 0.05) is 38.9 Å². The highest BCUT2D eigenvalue weighted by molar-refractivity contribution is 6.14. The molecule has 9 aromatic rings. The van der Waals surface area contributed by atoms with Crippen LogP contribution < -0.4 is 0 Å². The van der Waals surface area contributed by atoms with Crippen molar-refractivity contribution < 1.29 is 0 Å². The predicted octanol–water partition coefficient (Wildman–Crippen LogP) is 11.8. The quantitative estimate of drug-likeness (QED) is 0.185. The van der Waals surface area contributed by atoms with E-state index in [0.717, 1.165) is 66.6 Å². The van der Waals surface area contributed by atoms with Crippen molar-refractivity contribution in [1.29, 1.82) is 0 Å². The summed E-state index contributed by atoms with van der Waals surface area (Å²) in [5.41, 5.74) is 10.4. The number of rotatable bonds is 4. The average Bonchev–Trinajstić information content (AvgIpc) is 3.14. The van der Waals surface area contributed by atoms with Gasteiger partial charge in [0.05, 0.1) is 11.2 Å². The highest BCUT2D eigenvalue weighted by Crippen LogP contribution is 2.40. The van der Waals surface area contributed by atoms with Crippen LogP contribution in [0.4, 0.5) is 0 Å². The zero-order chi connectivity index (χ0) is 32.2. The van der Waals surface area contributed by atoms with Crippen molar-refractivity contribution in [3.63, 3.8) is 0 Å². The predicted molar refractivity (Wildman–Crippen MR) is 201 cm³/mol. The van der Waals surface area contributed by atoms with Crippen LogP contribution in [0.5, 0.6) is 0 Å². The number of hydrogen-bond acceptors (Lipinski definition) is 3. The smallest absolute Gasteiger partial charge is 0.160 e. The minimum absolute atomic E-state index is 0.698.